The lowest BCUT2D eigenvalue weighted by molar-refractivity contribution is -0.137. The summed E-state index contributed by atoms with van der Waals surface area (Å²) in [4.78, 5) is 5.50. The molecule has 0 fully saturated rings. The number of anilines is 1. The number of aromatic nitrogens is 1. The van der Waals surface area contributed by atoms with Crippen molar-refractivity contribution in [2.75, 3.05) is 5.43 Å². The van der Waals surface area contributed by atoms with E-state index < -0.39 is 21.8 Å². The van der Waals surface area contributed by atoms with Crippen molar-refractivity contribution in [3.63, 3.8) is 0 Å². The topological polar surface area (TPSA) is 71.1 Å². The van der Waals surface area contributed by atoms with Gasteiger partial charge in [-0.15, -0.1) is 4.83 Å². The Morgan fingerprint density at radius 1 is 1.21 bits per heavy atom. The van der Waals surface area contributed by atoms with Gasteiger partial charge in [-0.2, -0.15) is 13.2 Å². The molecule has 0 aliphatic rings. The minimum absolute atomic E-state index is 0.00441. The van der Waals surface area contributed by atoms with Crippen LogP contribution in [0.2, 0.25) is 5.02 Å². The third kappa shape index (κ3) is 4.37. The van der Waals surface area contributed by atoms with Gasteiger partial charge in [0.05, 0.1) is 15.5 Å². The standard InChI is InChI=1S/C14H13ClF3N3O2S/c1-2-9-3-5-11(6-4-9)24(22,23)21-20-13-12(15)7-10(8-19-13)14(16,17)18/h3-8,21H,2H2,1H3,(H,19,20). The lowest BCUT2D eigenvalue weighted by Gasteiger charge is -2.12. The van der Waals surface area contributed by atoms with Gasteiger partial charge in [0.1, 0.15) is 0 Å². The van der Waals surface area contributed by atoms with Gasteiger partial charge in [0, 0.05) is 6.20 Å². The fourth-order valence-corrected chi connectivity index (χ4v) is 2.82. The lowest BCUT2D eigenvalue weighted by Crippen LogP contribution is -2.30. The molecule has 1 aromatic carbocycles. The monoisotopic (exact) mass is 379 g/mol. The van der Waals surface area contributed by atoms with Gasteiger partial charge in [-0.1, -0.05) is 30.7 Å². The third-order valence-corrected chi connectivity index (χ3v) is 4.67. The summed E-state index contributed by atoms with van der Waals surface area (Å²) in [5, 5.41) is -0.367. The van der Waals surface area contributed by atoms with E-state index in [9.17, 15) is 21.6 Å². The fraction of sp³-hybridized carbons (Fsp3) is 0.214. The number of hydrazine groups is 1. The third-order valence-electron chi connectivity index (χ3n) is 3.11. The Hall–Kier alpha value is -1.84. The number of rotatable bonds is 5. The van der Waals surface area contributed by atoms with Gasteiger partial charge in [0.25, 0.3) is 10.0 Å². The second kappa shape index (κ2) is 6.96. The zero-order chi connectivity index (χ0) is 18.0. The predicted molar refractivity (Wildman–Crippen MR) is 84.0 cm³/mol. The molecule has 10 heteroatoms. The summed E-state index contributed by atoms with van der Waals surface area (Å²) in [7, 11) is -3.92. The summed E-state index contributed by atoms with van der Waals surface area (Å²) in [5.74, 6) is -0.238. The Labute approximate surface area is 141 Å². The van der Waals surface area contributed by atoms with Crippen molar-refractivity contribution in [1.29, 1.82) is 0 Å². The number of nitrogens with zero attached hydrogens (tertiary/aromatic N) is 1. The second-order valence-corrected chi connectivity index (χ2v) is 6.87. The zero-order valence-corrected chi connectivity index (χ0v) is 13.9. The molecule has 0 atom stereocenters. The summed E-state index contributed by atoms with van der Waals surface area (Å²) < 4.78 is 61.8. The van der Waals surface area contributed by atoms with E-state index in [1.54, 1.807) is 12.1 Å². The minimum atomic E-state index is -4.59. The largest absolute Gasteiger partial charge is 0.417 e. The number of sulfonamides is 1. The fourth-order valence-electron chi connectivity index (χ4n) is 1.76. The van der Waals surface area contributed by atoms with Crippen LogP contribution in [0.3, 0.4) is 0 Å². The molecule has 1 heterocycles. The van der Waals surface area contributed by atoms with E-state index >= 15 is 0 Å². The van der Waals surface area contributed by atoms with Crippen LogP contribution in [0.4, 0.5) is 19.0 Å². The number of aryl methyl sites for hydroxylation is 1. The average molecular weight is 380 g/mol. The molecule has 0 bridgehead atoms. The van der Waals surface area contributed by atoms with E-state index in [0.717, 1.165) is 12.0 Å². The summed E-state index contributed by atoms with van der Waals surface area (Å²) in [6.45, 7) is 1.93. The highest BCUT2D eigenvalue weighted by atomic mass is 35.5. The highest BCUT2D eigenvalue weighted by molar-refractivity contribution is 7.89. The van der Waals surface area contributed by atoms with Crippen LogP contribution in [0.5, 0.6) is 0 Å². The minimum Gasteiger partial charge on any atom is -0.291 e. The number of nitrogens with one attached hydrogen (secondary N) is 2. The van der Waals surface area contributed by atoms with Crippen LogP contribution in [-0.4, -0.2) is 13.4 Å². The quantitative estimate of drug-likeness (QED) is 0.778. The zero-order valence-electron chi connectivity index (χ0n) is 12.4. The SMILES string of the molecule is CCc1ccc(S(=O)(=O)NNc2ncc(C(F)(F)F)cc2Cl)cc1. The molecule has 0 unspecified atom stereocenters. The van der Waals surface area contributed by atoms with E-state index in [1.165, 1.54) is 12.1 Å². The van der Waals surface area contributed by atoms with Crippen molar-refractivity contribution in [3.05, 3.63) is 52.7 Å². The molecular weight excluding hydrogens is 367 g/mol. The Morgan fingerprint density at radius 2 is 1.83 bits per heavy atom. The normalized spacial score (nSPS) is 12.2. The molecule has 0 aliphatic heterocycles. The van der Waals surface area contributed by atoms with Crippen molar-refractivity contribution >= 4 is 27.4 Å². The van der Waals surface area contributed by atoms with E-state index in [-0.39, 0.29) is 15.7 Å². The summed E-state index contributed by atoms with van der Waals surface area (Å²) >= 11 is 5.69. The van der Waals surface area contributed by atoms with Crippen molar-refractivity contribution in [2.24, 2.45) is 0 Å². The van der Waals surface area contributed by atoms with Gasteiger partial charge in [-0.25, -0.2) is 13.4 Å². The molecule has 2 N–H and O–H groups in total. The molecule has 24 heavy (non-hydrogen) atoms. The Morgan fingerprint density at radius 3 is 2.33 bits per heavy atom. The molecular formula is C14H13ClF3N3O2S. The first-order valence-corrected chi connectivity index (χ1v) is 8.59. The van der Waals surface area contributed by atoms with Crippen LogP contribution >= 0.6 is 11.6 Å². The number of alkyl halides is 3. The molecule has 130 valence electrons. The molecule has 0 aliphatic carbocycles. The van der Waals surface area contributed by atoms with Crippen LogP contribution in [0.1, 0.15) is 18.1 Å². The molecule has 2 rings (SSSR count). The maximum Gasteiger partial charge on any atom is 0.417 e. The summed E-state index contributed by atoms with van der Waals surface area (Å²) in [6, 6.07) is 6.83. The van der Waals surface area contributed by atoms with Crippen molar-refractivity contribution in [3.8, 4) is 0 Å². The van der Waals surface area contributed by atoms with Crippen LogP contribution in [0.25, 0.3) is 0 Å². The first-order chi connectivity index (χ1) is 11.1. The van der Waals surface area contributed by atoms with Gasteiger partial charge in [0.2, 0.25) is 0 Å². The molecule has 0 radical (unpaired) electrons. The smallest absolute Gasteiger partial charge is 0.291 e. The Bertz CT molecular complexity index is 824. The van der Waals surface area contributed by atoms with Gasteiger partial charge >= 0.3 is 6.18 Å². The van der Waals surface area contributed by atoms with E-state index in [0.29, 0.717) is 12.3 Å². The van der Waals surface area contributed by atoms with Crippen LogP contribution in [0, 0.1) is 0 Å². The van der Waals surface area contributed by atoms with Crippen molar-refractivity contribution in [2.45, 2.75) is 24.4 Å². The van der Waals surface area contributed by atoms with Crippen LogP contribution in [0.15, 0.2) is 41.4 Å². The second-order valence-electron chi connectivity index (χ2n) is 4.78. The molecule has 0 amide bonds. The summed E-state index contributed by atoms with van der Waals surface area (Å²) in [5.41, 5.74) is 2.15. The lowest BCUT2D eigenvalue weighted by atomic mass is 10.2. The molecule has 0 saturated heterocycles. The van der Waals surface area contributed by atoms with E-state index in [2.05, 4.69) is 10.4 Å². The molecule has 5 nitrogen and oxygen atoms in total. The van der Waals surface area contributed by atoms with E-state index in [1.807, 2.05) is 11.8 Å². The summed E-state index contributed by atoms with van der Waals surface area (Å²) in [6.07, 6.45) is -3.27. The number of benzene rings is 1. The van der Waals surface area contributed by atoms with Gasteiger partial charge in [0.15, 0.2) is 5.82 Å². The molecule has 0 spiro atoms. The van der Waals surface area contributed by atoms with Crippen molar-refractivity contribution < 1.29 is 21.6 Å². The number of pyridine rings is 1. The molecule has 2 aromatic rings. The van der Waals surface area contributed by atoms with Gasteiger partial charge in [-0.05, 0) is 30.2 Å². The van der Waals surface area contributed by atoms with Crippen LogP contribution < -0.4 is 10.3 Å². The van der Waals surface area contributed by atoms with Crippen LogP contribution in [-0.2, 0) is 22.6 Å². The van der Waals surface area contributed by atoms with Crippen molar-refractivity contribution in [1.82, 2.24) is 9.82 Å². The highest BCUT2D eigenvalue weighted by Gasteiger charge is 2.31. The van der Waals surface area contributed by atoms with Gasteiger partial charge in [-0.3, -0.25) is 5.43 Å². The number of hydrogen-bond donors (Lipinski definition) is 2. The van der Waals surface area contributed by atoms with E-state index in [4.69, 9.17) is 11.6 Å². The first kappa shape index (κ1) is 18.5. The Kier molecular flexibility index (Phi) is 5.36. The predicted octanol–water partition coefficient (Wildman–Crippen LogP) is 3.62. The van der Waals surface area contributed by atoms with Gasteiger partial charge < -0.3 is 0 Å². The first-order valence-electron chi connectivity index (χ1n) is 6.73. The molecule has 0 saturated carbocycles. The average Bonchev–Trinajstić information content (AvgIpc) is 2.53. The highest BCUT2D eigenvalue weighted by Crippen LogP contribution is 2.32. The number of halogens is 4. The maximum absolute atomic E-state index is 12.5. The maximum atomic E-state index is 12.5. The molecule has 1 aromatic heterocycles. The Balaban J connectivity index is 2.14. The number of hydrogen-bond acceptors (Lipinski definition) is 4.